The molecule has 134 valence electrons. The van der Waals surface area contributed by atoms with E-state index in [1.165, 1.54) is 10.6 Å². The number of carbonyl (C=O) groups is 1. The molecule has 6 nitrogen and oxygen atoms in total. The second-order valence-electron chi connectivity index (χ2n) is 6.91. The molecule has 1 aliphatic heterocycles. The summed E-state index contributed by atoms with van der Waals surface area (Å²) in [7, 11) is 0.750. The van der Waals surface area contributed by atoms with E-state index in [0.717, 1.165) is 5.56 Å². The molecule has 0 radical (unpaired) electrons. The van der Waals surface area contributed by atoms with Crippen LogP contribution in [0.25, 0.3) is 0 Å². The lowest BCUT2D eigenvalue weighted by Crippen LogP contribution is -2.43. The Morgan fingerprint density at radius 3 is 2.54 bits per heavy atom. The topological polar surface area (TPSA) is 69.7 Å². The average Bonchev–Trinajstić information content (AvgIpc) is 2.89. The van der Waals surface area contributed by atoms with Gasteiger partial charge in [-0.3, -0.25) is 9.10 Å². The maximum atomic E-state index is 12.4. The molecular formula is C17H27N3O3S. The molecule has 1 N–H and O–H groups in total. The highest BCUT2D eigenvalue weighted by Crippen LogP contribution is 2.30. The number of carbonyl (C=O) groups excluding carboxylic acids is 1. The van der Waals surface area contributed by atoms with Crippen molar-refractivity contribution in [2.24, 2.45) is 5.92 Å². The van der Waals surface area contributed by atoms with Gasteiger partial charge in [0.25, 0.3) is 5.91 Å². The lowest BCUT2D eigenvalue weighted by atomic mass is 10.0. The van der Waals surface area contributed by atoms with Crippen molar-refractivity contribution in [3.63, 3.8) is 0 Å². The minimum atomic E-state index is -3.26. The van der Waals surface area contributed by atoms with Crippen molar-refractivity contribution in [2.45, 2.75) is 26.3 Å². The van der Waals surface area contributed by atoms with Crippen molar-refractivity contribution < 1.29 is 13.2 Å². The zero-order valence-corrected chi connectivity index (χ0v) is 15.9. The third kappa shape index (κ3) is 4.08. The summed E-state index contributed by atoms with van der Waals surface area (Å²) in [5.41, 5.74) is 2.16. The first-order chi connectivity index (χ1) is 11.1. The Labute approximate surface area is 144 Å². The van der Waals surface area contributed by atoms with Gasteiger partial charge < -0.3 is 10.2 Å². The minimum Gasteiger partial charge on any atom is -0.350 e. The third-order valence-electron chi connectivity index (χ3n) is 4.50. The molecule has 2 rings (SSSR count). The number of anilines is 1. The number of fused-ring (bicyclic) bond motifs is 1. The van der Waals surface area contributed by atoms with Gasteiger partial charge in [0.05, 0.1) is 11.9 Å². The Morgan fingerprint density at radius 2 is 2.00 bits per heavy atom. The second-order valence-corrected chi connectivity index (χ2v) is 8.82. The highest BCUT2D eigenvalue weighted by atomic mass is 32.2. The third-order valence-corrected chi connectivity index (χ3v) is 5.68. The minimum absolute atomic E-state index is 0.122. The molecule has 1 unspecified atom stereocenters. The van der Waals surface area contributed by atoms with E-state index >= 15 is 0 Å². The first-order valence-corrected chi connectivity index (χ1v) is 10.0. The molecule has 24 heavy (non-hydrogen) atoms. The van der Waals surface area contributed by atoms with Gasteiger partial charge in [-0.05, 0) is 50.2 Å². The first kappa shape index (κ1) is 18.7. The van der Waals surface area contributed by atoms with Gasteiger partial charge in [0.2, 0.25) is 10.0 Å². The van der Waals surface area contributed by atoms with Crippen LogP contribution >= 0.6 is 0 Å². The van der Waals surface area contributed by atoms with Crippen LogP contribution in [-0.2, 0) is 16.4 Å². The second kappa shape index (κ2) is 7.11. The summed E-state index contributed by atoms with van der Waals surface area (Å²) < 4.78 is 24.9. The number of sulfonamides is 1. The van der Waals surface area contributed by atoms with Gasteiger partial charge in [0.1, 0.15) is 0 Å². The van der Waals surface area contributed by atoms with Crippen LogP contribution in [0.5, 0.6) is 0 Å². The van der Waals surface area contributed by atoms with E-state index in [4.69, 9.17) is 0 Å². The van der Waals surface area contributed by atoms with E-state index in [1.54, 1.807) is 18.2 Å². The van der Waals surface area contributed by atoms with Crippen molar-refractivity contribution in [1.29, 1.82) is 0 Å². The first-order valence-electron chi connectivity index (χ1n) is 8.16. The lowest BCUT2D eigenvalue weighted by Gasteiger charge is -2.28. The normalized spacial score (nSPS) is 15.7. The maximum absolute atomic E-state index is 12.4. The Hall–Kier alpha value is -1.60. The highest BCUT2D eigenvalue weighted by Gasteiger charge is 2.27. The smallest absolute Gasteiger partial charge is 0.251 e. The molecule has 0 aliphatic carbocycles. The summed E-state index contributed by atoms with van der Waals surface area (Å²) in [5, 5.41) is 2.98. The lowest BCUT2D eigenvalue weighted by molar-refractivity contribution is 0.0934. The number of hydrogen-bond donors (Lipinski definition) is 1. The Morgan fingerprint density at radius 1 is 1.33 bits per heavy atom. The van der Waals surface area contributed by atoms with E-state index < -0.39 is 10.0 Å². The fourth-order valence-corrected chi connectivity index (χ4v) is 4.13. The van der Waals surface area contributed by atoms with Crippen molar-refractivity contribution >= 4 is 21.6 Å². The van der Waals surface area contributed by atoms with Crippen LogP contribution in [0.3, 0.4) is 0 Å². The quantitative estimate of drug-likeness (QED) is 0.837. The van der Waals surface area contributed by atoms with E-state index in [-0.39, 0.29) is 11.9 Å². The molecule has 1 amide bonds. The van der Waals surface area contributed by atoms with E-state index in [2.05, 4.69) is 24.1 Å². The number of nitrogens with zero attached hydrogens (tertiary/aromatic N) is 2. The van der Waals surface area contributed by atoms with Crippen molar-refractivity contribution in [1.82, 2.24) is 10.2 Å². The zero-order chi connectivity index (χ0) is 18.1. The number of benzene rings is 1. The Kier molecular flexibility index (Phi) is 5.55. The van der Waals surface area contributed by atoms with Crippen LogP contribution in [-0.4, -0.2) is 58.7 Å². The Balaban J connectivity index is 2.10. The van der Waals surface area contributed by atoms with E-state index in [0.29, 0.717) is 36.7 Å². The summed E-state index contributed by atoms with van der Waals surface area (Å²) in [6, 6.07) is 5.49. The van der Waals surface area contributed by atoms with Gasteiger partial charge in [-0.1, -0.05) is 13.8 Å². The fraction of sp³-hybridized carbons (Fsp3) is 0.588. The van der Waals surface area contributed by atoms with Crippen LogP contribution in [0.2, 0.25) is 0 Å². The summed E-state index contributed by atoms with van der Waals surface area (Å²) >= 11 is 0. The zero-order valence-electron chi connectivity index (χ0n) is 15.0. The molecule has 0 bridgehead atoms. The number of likely N-dealkylation sites (N-methyl/N-ethyl adjacent to an activating group) is 1. The SMILES string of the molecule is CC(C)C(CNC(=O)c1ccc2c(c1)CCN2S(C)(=O)=O)N(C)C. The van der Waals surface area contributed by atoms with Crippen LogP contribution in [0.1, 0.15) is 29.8 Å². The van der Waals surface area contributed by atoms with Crippen molar-refractivity contribution in [3.8, 4) is 0 Å². The molecule has 0 spiro atoms. The summed E-state index contributed by atoms with van der Waals surface area (Å²) in [5.74, 6) is 0.312. The van der Waals surface area contributed by atoms with Gasteiger partial charge in [-0.2, -0.15) is 0 Å². The van der Waals surface area contributed by atoms with Crippen LogP contribution < -0.4 is 9.62 Å². The Bertz CT molecular complexity index is 706. The molecule has 0 saturated heterocycles. The van der Waals surface area contributed by atoms with Crippen LogP contribution in [0.15, 0.2) is 18.2 Å². The highest BCUT2D eigenvalue weighted by molar-refractivity contribution is 7.92. The predicted molar refractivity (Wildman–Crippen MR) is 97.0 cm³/mol. The molecule has 1 aliphatic rings. The monoisotopic (exact) mass is 353 g/mol. The van der Waals surface area contributed by atoms with Gasteiger partial charge >= 0.3 is 0 Å². The van der Waals surface area contributed by atoms with Gasteiger partial charge in [0.15, 0.2) is 0 Å². The summed E-state index contributed by atoms with van der Waals surface area (Å²) in [6.07, 6.45) is 1.84. The predicted octanol–water partition coefficient (Wildman–Crippen LogP) is 1.32. The number of hydrogen-bond acceptors (Lipinski definition) is 4. The number of amides is 1. The summed E-state index contributed by atoms with van der Waals surface area (Å²) in [4.78, 5) is 14.5. The van der Waals surface area contributed by atoms with Crippen molar-refractivity contribution in [3.05, 3.63) is 29.3 Å². The van der Waals surface area contributed by atoms with Crippen LogP contribution in [0.4, 0.5) is 5.69 Å². The van der Waals surface area contributed by atoms with Crippen molar-refractivity contribution in [2.75, 3.05) is 37.7 Å². The van der Waals surface area contributed by atoms with Gasteiger partial charge in [0, 0.05) is 24.7 Å². The van der Waals surface area contributed by atoms with E-state index in [9.17, 15) is 13.2 Å². The molecule has 0 saturated carbocycles. The molecule has 1 aromatic carbocycles. The largest absolute Gasteiger partial charge is 0.350 e. The summed E-state index contributed by atoms with van der Waals surface area (Å²) in [6.45, 7) is 5.28. The molecule has 1 heterocycles. The molecule has 7 heteroatoms. The fourth-order valence-electron chi connectivity index (χ4n) is 3.17. The average molecular weight is 353 g/mol. The van der Waals surface area contributed by atoms with E-state index in [1.807, 2.05) is 14.1 Å². The molecule has 0 aromatic heterocycles. The standard InChI is InChI=1S/C17H27N3O3S/c1-12(2)16(19(3)4)11-18-17(21)14-6-7-15-13(10-14)8-9-20(15)24(5,22)23/h6-7,10,12,16H,8-9,11H2,1-5H3,(H,18,21). The molecular weight excluding hydrogens is 326 g/mol. The number of rotatable bonds is 6. The molecule has 0 fully saturated rings. The van der Waals surface area contributed by atoms with Gasteiger partial charge in [-0.25, -0.2) is 8.42 Å². The molecule has 1 aromatic rings. The van der Waals surface area contributed by atoms with Crippen LogP contribution in [0, 0.1) is 5.92 Å². The maximum Gasteiger partial charge on any atom is 0.251 e. The van der Waals surface area contributed by atoms with Gasteiger partial charge in [-0.15, -0.1) is 0 Å². The molecule has 1 atom stereocenters. The number of nitrogens with one attached hydrogen (secondary N) is 1.